The summed E-state index contributed by atoms with van der Waals surface area (Å²) in [5, 5.41) is 24.7. The van der Waals surface area contributed by atoms with Gasteiger partial charge in [-0.1, -0.05) is 78.6 Å². The highest BCUT2D eigenvalue weighted by atomic mass is 16.5. The first-order valence-electron chi connectivity index (χ1n) is 20.3. The molecule has 1 unspecified atom stereocenters. The van der Waals surface area contributed by atoms with Crippen molar-refractivity contribution in [3.63, 3.8) is 0 Å². The molecule has 5 heterocycles. The highest BCUT2D eigenvalue weighted by Gasteiger charge is 2.41. The molecule has 0 saturated carbocycles. The van der Waals surface area contributed by atoms with Crippen LogP contribution in [-0.4, -0.2) is 46.0 Å². The van der Waals surface area contributed by atoms with Crippen molar-refractivity contribution in [1.82, 2.24) is 5.32 Å². The van der Waals surface area contributed by atoms with Gasteiger partial charge in [0.15, 0.2) is 0 Å². The van der Waals surface area contributed by atoms with Gasteiger partial charge in [0.05, 0.1) is 40.3 Å². The van der Waals surface area contributed by atoms with E-state index in [1.54, 1.807) is 0 Å². The second kappa shape index (κ2) is 17.0. The number of ether oxygens (including phenoxy) is 1. The van der Waals surface area contributed by atoms with Gasteiger partial charge in [0.2, 0.25) is 0 Å². The first kappa shape index (κ1) is 38.7. The van der Waals surface area contributed by atoms with Crippen molar-refractivity contribution in [2.45, 2.75) is 144 Å². The molecule has 5 aliphatic heterocycles. The van der Waals surface area contributed by atoms with Gasteiger partial charge in [0, 0.05) is 59.4 Å². The molecule has 8 nitrogen and oxygen atoms in total. The highest BCUT2D eigenvalue weighted by Crippen LogP contribution is 2.46. The molecule has 0 amide bonds. The minimum Gasteiger partial charge on any atom is -0.511 e. The van der Waals surface area contributed by atoms with E-state index in [-0.39, 0.29) is 24.4 Å². The minimum absolute atomic E-state index is 0.0195. The lowest BCUT2D eigenvalue weighted by molar-refractivity contribution is -0.137. The quantitative estimate of drug-likeness (QED) is 0.129. The summed E-state index contributed by atoms with van der Waals surface area (Å²) >= 11 is 0. The number of aliphatic hydroxyl groups excluding tert-OH is 1. The molecule has 0 radical (unpaired) electrons. The van der Waals surface area contributed by atoms with E-state index in [2.05, 4.69) is 65.1 Å². The fourth-order valence-electron chi connectivity index (χ4n) is 8.85. The van der Waals surface area contributed by atoms with Crippen molar-refractivity contribution in [1.29, 1.82) is 0 Å². The number of hydrogen-bond donors (Lipinski definition) is 3. The van der Waals surface area contributed by atoms with Crippen molar-refractivity contribution in [2.24, 2.45) is 26.8 Å². The average molecular weight is 721 g/mol. The van der Waals surface area contributed by atoms with Crippen LogP contribution in [0, 0.1) is 11.8 Å². The Balaban J connectivity index is 1.32. The van der Waals surface area contributed by atoms with E-state index in [9.17, 15) is 15.0 Å². The van der Waals surface area contributed by atoms with E-state index in [0.717, 1.165) is 91.9 Å². The number of allylic oxidation sites excluding steroid dienone is 11. The van der Waals surface area contributed by atoms with Gasteiger partial charge in [-0.25, -0.2) is 15.0 Å². The highest BCUT2D eigenvalue weighted by molar-refractivity contribution is 6.21. The van der Waals surface area contributed by atoms with E-state index in [1.807, 2.05) is 6.92 Å². The fourth-order valence-corrected chi connectivity index (χ4v) is 8.85. The lowest BCUT2D eigenvalue weighted by Gasteiger charge is -2.17. The molecule has 8 bridgehead atoms. The Morgan fingerprint density at radius 1 is 0.887 bits per heavy atom. The van der Waals surface area contributed by atoms with Crippen LogP contribution in [0.1, 0.15) is 138 Å². The van der Waals surface area contributed by atoms with E-state index in [4.69, 9.17) is 19.7 Å². The summed E-state index contributed by atoms with van der Waals surface area (Å²) in [5.74, 6) is -0.552. The normalized spacial score (nSPS) is 22.8. The lowest BCUT2D eigenvalue weighted by Crippen LogP contribution is -2.15. The number of carbonyl (C=O) groups is 1. The van der Waals surface area contributed by atoms with E-state index >= 15 is 0 Å². The van der Waals surface area contributed by atoms with Gasteiger partial charge >= 0.3 is 5.97 Å². The summed E-state index contributed by atoms with van der Waals surface area (Å²) in [6, 6.07) is 0. The number of carboxylic acid groups (broad SMARTS) is 1. The van der Waals surface area contributed by atoms with Crippen molar-refractivity contribution >= 4 is 23.1 Å². The molecule has 1 aliphatic carbocycles. The number of aliphatic hydroxyl groups is 1. The fraction of sp³-hybridized carbons (Fsp3) is 0.556. The van der Waals surface area contributed by atoms with Crippen molar-refractivity contribution in [3.05, 3.63) is 91.5 Å². The van der Waals surface area contributed by atoms with Crippen molar-refractivity contribution < 1.29 is 19.7 Å². The molecule has 0 aromatic carbocycles. The zero-order chi connectivity index (χ0) is 37.8. The molecule has 6 rings (SSSR count). The first-order valence-corrected chi connectivity index (χ1v) is 20.3. The molecule has 3 N–H and O–H groups in total. The Morgan fingerprint density at radius 2 is 1.55 bits per heavy atom. The molecule has 0 aromatic rings. The Bertz CT molecular complexity index is 1870. The number of fused-ring (bicyclic) bond motifs is 5. The van der Waals surface area contributed by atoms with Crippen LogP contribution in [-0.2, 0) is 9.53 Å². The topological polar surface area (TPSA) is 116 Å². The zero-order valence-corrected chi connectivity index (χ0v) is 33.1. The van der Waals surface area contributed by atoms with Crippen LogP contribution in [0.15, 0.2) is 106 Å². The number of rotatable bonds is 17. The summed E-state index contributed by atoms with van der Waals surface area (Å²) < 4.78 is 6.55. The van der Waals surface area contributed by atoms with Gasteiger partial charge < -0.3 is 20.3 Å². The van der Waals surface area contributed by atoms with E-state index in [0.29, 0.717) is 25.2 Å². The third kappa shape index (κ3) is 8.08. The molecule has 53 heavy (non-hydrogen) atoms. The van der Waals surface area contributed by atoms with Gasteiger partial charge in [-0.15, -0.1) is 0 Å². The zero-order valence-electron chi connectivity index (χ0n) is 33.1. The summed E-state index contributed by atoms with van der Waals surface area (Å²) in [5.41, 5.74) is 14.2. The molecular formula is C45H60N4O4. The van der Waals surface area contributed by atoms with E-state index < -0.39 is 5.97 Å². The summed E-state index contributed by atoms with van der Waals surface area (Å²) in [4.78, 5) is 27.4. The Labute approximate surface area is 316 Å². The van der Waals surface area contributed by atoms with Crippen LogP contribution >= 0.6 is 0 Å². The summed E-state index contributed by atoms with van der Waals surface area (Å²) in [6.45, 7) is 15.7. The summed E-state index contributed by atoms with van der Waals surface area (Å²) in [6.07, 6.45) is 20.8. The van der Waals surface area contributed by atoms with E-state index in [1.165, 1.54) is 63.4 Å². The van der Waals surface area contributed by atoms with Gasteiger partial charge in [0.25, 0.3) is 0 Å². The van der Waals surface area contributed by atoms with Crippen molar-refractivity contribution in [2.75, 3.05) is 6.61 Å². The summed E-state index contributed by atoms with van der Waals surface area (Å²) in [7, 11) is 0. The molecule has 1 saturated heterocycles. The van der Waals surface area contributed by atoms with Crippen LogP contribution in [0.4, 0.5) is 0 Å². The molecule has 6 aliphatic rings. The average Bonchev–Trinajstić information content (AvgIpc) is 3.88. The second-order valence-electron chi connectivity index (χ2n) is 15.7. The van der Waals surface area contributed by atoms with Crippen molar-refractivity contribution in [3.8, 4) is 0 Å². The molecule has 1 fully saturated rings. The molecule has 0 aromatic heterocycles. The number of unbranched alkanes of at least 4 members (excludes halogenated alkanes) is 9. The predicted octanol–water partition coefficient (Wildman–Crippen LogP) is 10.8. The van der Waals surface area contributed by atoms with Crippen LogP contribution < -0.4 is 5.32 Å². The number of nitrogens with zero attached hydrogens (tertiary/aromatic N) is 3. The van der Waals surface area contributed by atoms with Crippen LogP contribution in [0.5, 0.6) is 0 Å². The van der Waals surface area contributed by atoms with Gasteiger partial charge in [-0.2, -0.15) is 0 Å². The number of aliphatic imine (C=N–C) groups is 3. The number of hydrogen-bond acceptors (Lipinski definition) is 7. The molecule has 3 atom stereocenters. The van der Waals surface area contributed by atoms with Crippen LogP contribution in [0.25, 0.3) is 0 Å². The number of nitrogens with one attached hydrogen (secondary N) is 1. The standard InChI is InChI=1S/C45H60N4O4/c1-8-10-11-12-13-14-15-16-17-18-21-53-30(7)42-28(5)36-23-35-27(4)32(19-20-41(51)52)44(48-35)33-22-40(50)43-29(6)37(49-45(33)43)24-38-31(9-2)26(3)34(46-38)25-39(42)47-36/h23-25,27,30,32,48,50H,8-22H2,1-7H3,(H,51,52)/t27-,30?,32-/m0/s1. The van der Waals surface area contributed by atoms with Gasteiger partial charge in [-0.3, -0.25) is 4.79 Å². The van der Waals surface area contributed by atoms with Gasteiger partial charge in [0.1, 0.15) is 5.76 Å². The first-order chi connectivity index (χ1) is 25.5. The molecule has 0 spiro atoms. The van der Waals surface area contributed by atoms with Gasteiger partial charge in [-0.05, 0) is 87.5 Å². The van der Waals surface area contributed by atoms with Crippen LogP contribution in [0.3, 0.4) is 0 Å². The Hall–Kier alpha value is -4.04. The maximum Gasteiger partial charge on any atom is 0.303 e. The number of aliphatic carboxylic acids is 1. The van der Waals surface area contributed by atoms with Crippen LogP contribution in [0.2, 0.25) is 0 Å². The number of carboxylic acids is 1. The smallest absolute Gasteiger partial charge is 0.303 e. The molecular weight excluding hydrogens is 661 g/mol. The molecule has 8 heteroatoms. The predicted molar refractivity (Wildman–Crippen MR) is 216 cm³/mol. The maximum absolute atomic E-state index is 11.8. The largest absolute Gasteiger partial charge is 0.511 e. The second-order valence-corrected chi connectivity index (χ2v) is 15.7. The monoisotopic (exact) mass is 720 g/mol. The SMILES string of the molecule is CCCCCCCCCCCCOC(C)C1=C(C)C2=NC1=CC1=NC(=CC3=C(C)C4=C(O)CC(=C5NC(=C2)[C@@H](C)[C@@H]5CCC(=O)O)C4=N3)C(CC)=C1C. The Morgan fingerprint density at radius 3 is 2.23 bits per heavy atom. The minimum atomic E-state index is -0.813. The third-order valence-corrected chi connectivity index (χ3v) is 12.0. The third-order valence-electron chi connectivity index (χ3n) is 12.0. The maximum atomic E-state index is 11.8. The Kier molecular flexibility index (Phi) is 12.4. The molecule has 284 valence electrons. The lowest BCUT2D eigenvalue weighted by atomic mass is 9.86.